The van der Waals surface area contributed by atoms with E-state index < -0.39 is 52.0 Å². The van der Waals surface area contributed by atoms with Crippen LogP contribution in [0.1, 0.15) is 47.2 Å². The third-order valence-corrected chi connectivity index (χ3v) is 3.40. The molecule has 10 heteroatoms. The highest BCUT2D eigenvalue weighted by Crippen LogP contribution is 2.33. The molecule has 146 valence electrons. The maximum absolute atomic E-state index is 13.9. The summed E-state index contributed by atoms with van der Waals surface area (Å²) < 4.78 is 58.1. The average molecular weight is 388 g/mol. The molecule has 0 atom stereocenters. The Bertz CT molecular complexity index is 911. The minimum atomic E-state index is -4.90. The second-order valence-electron chi connectivity index (χ2n) is 6.64. The van der Waals surface area contributed by atoms with Gasteiger partial charge in [0.05, 0.1) is 11.3 Å². The molecule has 0 aliphatic rings. The normalized spacial score (nSPS) is 12.1. The molecule has 6 nitrogen and oxygen atoms in total. The number of carboxylic acid groups (broad SMARTS) is 1. The minimum Gasteiger partial charge on any atom is -0.478 e. The van der Waals surface area contributed by atoms with Gasteiger partial charge in [-0.1, -0.05) is 0 Å². The quantitative estimate of drug-likeness (QED) is 0.615. The number of nitrogens with zero attached hydrogens (tertiary/aromatic N) is 1. The number of nitrogens with two attached hydrogens (primary N) is 1. The number of carbonyl (C=O) groups excluding carboxylic acids is 1. The molecule has 2 rings (SSSR count). The Kier molecular flexibility index (Phi) is 4.96. The lowest BCUT2D eigenvalue weighted by atomic mass is 10.1. The molecular formula is C17H16F4N2O4. The summed E-state index contributed by atoms with van der Waals surface area (Å²) in [7, 11) is 0. The van der Waals surface area contributed by atoms with E-state index in [-0.39, 0.29) is 5.69 Å². The van der Waals surface area contributed by atoms with Gasteiger partial charge >= 0.3 is 18.1 Å². The van der Waals surface area contributed by atoms with E-state index in [1.54, 1.807) is 20.8 Å². The number of ether oxygens (including phenoxy) is 1. The van der Waals surface area contributed by atoms with Crippen LogP contribution in [0, 0.1) is 5.82 Å². The molecule has 0 amide bonds. The van der Waals surface area contributed by atoms with Gasteiger partial charge < -0.3 is 20.1 Å². The Balaban J connectivity index is 2.66. The van der Waals surface area contributed by atoms with Crippen LogP contribution in [0.5, 0.6) is 0 Å². The van der Waals surface area contributed by atoms with E-state index >= 15 is 0 Å². The number of anilines is 1. The number of aromatic carboxylic acids is 1. The number of carbonyl (C=O) groups is 2. The Morgan fingerprint density at radius 1 is 1.19 bits per heavy atom. The zero-order valence-electron chi connectivity index (χ0n) is 14.5. The van der Waals surface area contributed by atoms with Gasteiger partial charge in [-0.2, -0.15) is 13.2 Å². The van der Waals surface area contributed by atoms with Crippen LogP contribution in [-0.2, 0) is 10.9 Å². The SMILES string of the molecule is CC(C)(C)OC(=O)c1c(N)c(C(=O)O)cn1-c1ccc(C(F)(F)F)c(F)c1. The van der Waals surface area contributed by atoms with Crippen molar-refractivity contribution in [1.82, 2.24) is 4.57 Å². The van der Waals surface area contributed by atoms with Crippen LogP contribution in [0.3, 0.4) is 0 Å². The second-order valence-corrected chi connectivity index (χ2v) is 6.64. The van der Waals surface area contributed by atoms with Crippen molar-refractivity contribution in [2.45, 2.75) is 32.5 Å². The van der Waals surface area contributed by atoms with Gasteiger partial charge in [-0.3, -0.25) is 0 Å². The smallest absolute Gasteiger partial charge is 0.419 e. The first-order valence-electron chi connectivity index (χ1n) is 7.57. The monoisotopic (exact) mass is 388 g/mol. The molecule has 0 unspecified atom stereocenters. The van der Waals surface area contributed by atoms with Crippen LogP contribution in [0.15, 0.2) is 24.4 Å². The number of esters is 1. The molecular weight excluding hydrogens is 372 g/mol. The van der Waals surface area contributed by atoms with Gasteiger partial charge in [-0.15, -0.1) is 0 Å². The third kappa shape index (κ3) is 4.21. The van der Waals surface area contributed by atoms with Gasteiger partial charge in [0.25, 0.3) is 0 Å². The van der Waals surface area contributed by atoms with Gasteiger partial charge in [-0.05, 0) is 39.0 Å². The van der Waals surface area contributed by atoms with Crippen LogP contribution in [0.2, 0.25) is 0 Å². The zero-order valence-corrected chi connectivity index (χ0v) is 14.5. The Labute approximate surface area is 151 Å². The highest BCUT2D eigenvalue weighted by Gasteiger charge is 2.34. The number of rotatable bonds is 3. The van der Waals surface area contributed by atoms with E-state index in [0.29, 0.717) is 12.1 Å². The largest absolute Gasteiger partial charge is 0.478 e. The fourth-order valence-corrected chi connectivity index (χ4v) is 2.31. The van der Waals surface area contributed by atoms with Gasteiger partial charge in [0.2, 0.25) is 0 Å². The molecule has 0 saturated heterocycles. The van der Waals surface area contributed by atoms with Crippen molar-refractivity contribution < 1.29 is 37.0 Å². The predicted molar refractivity (Wildman–Crippen MR) is 87.3 cm³/mol. The first-order valence-corrected chi connectivity index (χ1v) is 7.57. The molecule has 3 N–H and O–H groups in total. The van der Waals surface area contributed by atoms with Gasteiger partial charge in [-0.25, -0.2) is 14.0 Å². The molecule has 0 aliphatic carbocycles. The number of alkyl halides is 3. The van der Waals surface area contributed by atoms with E-state index in [9.17, 15) is 32.3 Å². The number of carboxylic acids is 1. The highest BCUT2D eigenvalue weighted by atomic mass is 19.4. The van der Waals surface area contributed by atoms with Crippen molar-refractivity contribution in [3.8, 4) is 5.69 Å². The number of nitrogen functional groups attached to an aromatic ring is 1. The van der Waals surface area contributed by atoms with E-state index in [2.05, 4.69) is 0 Å². The summed E-state index contributed by atoms with van der Waals surface area (Å²) in [4.78, 5) is 23.7. The number of hydrogen-bond donors (Lipinski definition) is 2. The van der Waals surface area contributed by atoms with E-state index in [0.717, 1.165) is 16.8 Å². The summed E-state index contributed by atoms with van der Waals surface area (Å²) in [6, 6.07) is 1.91. The molecule has 1 aromatic carbocycles. The third-order valence-electron chi connectivity index (χ3n) is 3.40. The molecule has 0 bridgehead atoms. The summed E-state index contributed by atoms with van der Waals surface area (Å²) in [6.45, 7) is 4.68. The summed E-state index contributed by atoms with van der Waals surface area (Å²) in [5.74, 6) is -4.06. The summed E-state index contributed by atoms with van der Waals surface area (Å²) in [6.07, 6.45) is -3.99. The molecule has 1 aromatic heterocycles. The first-order chi connectivity index (χ1) is 12.2. The van der Waals surface area contributed by atoms with E-state index in [1.165, 1.54) is 0 Å². The van der Waals surface area contributed by atoms with Crippen LogP contribution in [0.25, 0.3) is 5.69 Å². The molecule has 0 spiro atoms. The number of halogens is 4. The summed E-state index contributed by atoms with van der Waals surface area (Å²) >= 11 is 0. The van der Waals surface area contributed by atoms with E-state index in [4.69, 9.17) is 10.5 Å². The Morgan fingerprint density at radius 2 is 1.78 bits per heavy atom. The summed E-state index contributed by atoms with van der Waals surface area (Å²) in [5.41, 5.74) is 1.70. The molecule has 27 heavy (non-hydrogen) atoms. The van der Waals surface area contributed by atoms with Crippen LogP contribution >= 0.6 is 0 Å². The number of hydrogen-bond acceptors (Lipinski definition) is 4. The zero-order chi connectivity index (χ0) is 20.7. The Morgan fingerprint density at radius 3 is 2.22 bits per heavy atom. The van der Waals surface area contributed by atoms with Crippen molar-refractivity contribution in [2.24, 2.45) is 0 Å². The number of aromatic nitrogens is 1. The van der Waals surface area contributed by atoms with Crippen molar-refractivity contribution >= 4 is 17.6 Å². The molecule has 0 radical (unpaired) electrons. The maximum Gasteiger partial charge on any atom is 0.419 e. The topological polar surface area (TPSA) is 94.6 Å². The average Bonchev–Trinajstić information content (AvgIpc) is 2.81. The van der Waals surface area contributed by atoms with Crippen molar-refractivity contribution in [3.63, 3.8) is 0 Å². The van der Waals surface area contributed by atoms with Crippen molar-refractivity contribution in [1.29, 1.82) is 0 Å². The van der Waals surface area contributed by atoms with Gasteiger partial charge in [0.1, 0.15) is 17.0 Å². The predicted octanol–water partition coefficient (Wildman–Crippen LogP) is 3.87. The van der Waals surface area contributed by atoms with Crippen molar-refractivity contribution in [2.75, 3.05) is 5.73 Å². The van der Waals surface area contributed by atoms with Crippen molar-refractivity contribution in [3.05, 3.63) is 47.0 Å². The number of benzene rings is 1. The lowest BCUT2D eigenvalue weighted by Gasteiger charge is -2.20. The molecule has 0 aliphatic heterocycles. The van der Waals surface area contributed by atoms with Crippen LogP contribution in [-0.4, -0.2) is 27.2 Å². The summed E-state index contributed by atoms with van der Waals surface area (Å²) in [5, 5.41) is 9.20. The standard InChI is InChI=1S/C17H16F4N2O4/c1-16(2,3)27-15(26)13-12(22)9(14(24)25)7-23(13)8-4-5-10(11(18)6-8)17(19,20)21/h4-7H,22H2,1-3H3,(H,24,25). The lowest BCUT2D eigenvalue weighted by Crippen LogP contribution is -2.26. The first kappa shape index (κ1) is 20.3. The van der Waals surface area contributed by atoms with Crippen LogP contribution < -0.4 is 5.73 Å². The van der Waals surface area contributed by atoms with Gasteiger partial charge in [0, 0.05) is 11.9 Å². The highest BCUT2D eigenvalue weighted by molar-refractivity contribution is 6.03. The van der Waals surface area contributed by atoms with Gasteiger partial charge in [0.15, 0.2) is 5.69 Å². The fraction of sp³-hybridized carbons (Fsp3) is 0.294. The lowest BCUT2D eigenvalue weighted by molar-refractivity contribution is -0.140. The minimum absolute atomic E-state index is 0.222. The maximum atomic E-state index is 13.9. The molecule has 2 aromatic rings. The Hall–Kier alpha value is -3.04. The van der Waals surface area contributed by atoms with E-state index in [1.807, 2.05) is 0 Å². The van der Waals surface area contributed by atoms with Crippen LogP contribution in [0.4, 0.5) is 23.2 Å². The molecule has 0 fully saturated rings. The molecule has 1 heterocycles. The molecule has 0 saturated carbocycles. The fourth-order valence-electron chi connectivity index (χ4n) is 2.31. The second kappa shape index (κ2) is 6.60.